The highest BCUT2D eigenvalue weighted by Crippen LogP contribution is 2.38. The highest BCUT2D eigenvalue weighted by atomic mass is 28.4. The van der Waals surface area contributed by atoms with Gasteiger partial charge in [0.05, 0.1) is 7.11 Å². The molecule has 1 unspecified atom stereocenters. The Morgan fingerprint density at radius 1 is 0.742 bits per heavy atom. The van der Waals surface area contributed by atoms with Crippen LogP contribution in [0.25, 0.3) is 0 Å². The van der Waals surface area contributed by atoms with E-state index in [1.54, 1.807) is 0 Å². The van der Waals surface area contributed by atoms with Gasteiger partial charge in [-0.2, -0.15) is 0 Å². The van der Waals surface area contributed by atoms with Crippen LogP contribution in [0.4, 0.5) is 0 Å². The second kappa shape index (κ2) is 18.1. The van der Waals surface area contributed by atoms with Gasteiger partial charge in [-0.15, -0.1) is 0 Å². The van der Waals surface area contributed by atoms with Crippen LogP contribution in [-0.4, -0.2) is 27.5 Å². The highest BCUT2D eigenvalue weighted by molar-refractivity contribution is 6.74. The molecule has 186 valence electrons. The fourth-order valence-electron chi connectivity index (χ4n) is 3.81. The van der Waals surface area contributed by atoms with Crippen LogP contribution in [-0.2, 0) is 14.0 Å². The molecule has 0 aliphatic heterocycles. The Bertz CT molecular complexity index is 429. The number of ether oxygens (including phenoxy) is 1. The Morgan fingerprint density at radius 2 is 1.16 bits per heavy atom. The molecule has 0 aromatic carbocycles. The molecule has 0 bridgehead atoms. The maximum absolute atomic E-state index is 11.1. The number of unbranched alkanes of at least 4 members (excludes halogenated alkanes) is 12. The first kappa shape index (κ1) is 30.6. The van der Waals surface area contributed by atoms with Crippen molar-refractivity contribution in [1.29, 1.82) is 0 Å². The van der Waals surface area contributed by atoms with E-state index in [2.05, 4.69) is 45.5 Å². The normalized spacial score (nSPS) is 13.4. The number of methoxy groups -OCH3 is 1. The molecular formula is C27H56O3Si. The first-order chi connectivity index (χ1) is 14.6. The van der Waals surface area contributed by atoms with Crippen molar-refractivity contribution in [3.8, 4) is 0 Å². The zero-order valence-corrected chi connectivity index (χ0v) is 23.3. The fourth-order valence-corrected chi connectivity index (χ4v) is 5.23. The Morgan fingerprint density at radius 3 is 1.58 bits per heavy atom. The van der Waals surface area contributed by atoms with E-state index in [1.165, 1.54) is 97.0 Å². The summed E-state index contributed by atoms with van der Waals surface area (Å²) in [7, 11) is -0.217. The van der Waals surface area contributed by atoms with Gasteiger partial charge in [-0.05, 0) is 37.4 Å². The third-order valence-corrected chi connectivity index (χ3v) is 11.6. The average molecular weight is 457 g/mol. The molecular weight excluding hydrogens is 400 g/mol. The molecule has 1 atom stereocenters. The molecule has 0 heterocycles. The van der Waals surface area contributed by atoms with E-state index in [9.17, 15) is 4.79 Å². The van der Waals surface area contributed by atoms with Gasteiger partial charge in [-0.1, -0.05) is 111 Å². The van der Waals surface area contributed by atoms with Crippen LogP contribution in [0.3, 0.4) is 0 Å². The van der Waals surface area contributed by atoms with Crippen molar-refractivity contribution < 1.29 is 14.0 Å². The Labute approximate surface area is 196 Å². The van der Waals surface area contributed by atoms with Crippen molar-refractivity contribution in [2.24, 2.45) is 0 Å². The predicted molar refractivity (Wildman–Crippen MR) is 138 cm³/mol. The lowest BCUT2D eigenvalue weighted by Crippen LogP contribution is -2.44. The van der Waals surface area contributed by atoms with Crippen LogP contribution >= 0.6 is 0 Å². The summed E-state index contributed by atoms with van der Waals surface area (Å²) in [5.74, 6) is -0.0737. The molecule has 0 radical (unpaired) electrons. The van der Waals surface area contributed by atoms with Gasteiger partial charge in [0.1, 0.15) is 0 Å². The molecule has 0 aliphatic rings. The summed E-state index contributed by atoms with van der Waals surface area (Å²) >= 11 is 0. The molecule has 0 spiro atoms. The van der Waals surface area contributed by atoms with Crippen LogP contribution < -0.4 is 0 Å². The van der Waals surface area contributed by atoms with Crippen LogP contribution in [0.1, 0.15) is 137 Å². The molecule has 0 aliphatic carbocycles. The number of hydrogen-bond acceptors (Lipinski definition) is 3. The second-order valence-electron chi connectivity index (χ2n) is 11.0. The van der Waals surface area contributed by atoms with E-state index in [4.69, 9.17) is 4.43 Å². The summed E-state index contributed by atoms with van der Waals surface area (Å²) in [6, 6.07) is 0. The van der Waals surface area contributed by atoms with Crippen molar-refractivity contribution in [3.05, 3.63) is 0 Å². The molecule has 0 amide bonds. The van der Waals surface area contributed by atoms with E-state index < -0.39 is 8.32 Å². The second-order valence-corrected chi connectivity index (χ2v) is 15.8. The van der Waals surface area contributed by atoms with E-state index in [1.807, 2.05) is 0 Å². The minimum absolute atomic E-state index is 0.0737. The Kier molecular flexibility index (Phi) is 17.9. The van der Waals surface area contributed by atoms with Gasteiger partial charge in [0.25, 0.3) is 0 Å². The van der Waals surface area contributed by atoms with Gasteiger partial charge in [0.15, 0.2) is 8.32 Å². The van der Waals surface area contributed by atoms with Crippen molar-refractivity contribution >= 4 is 14.3 Å². The summed E-state index contributed by atoms with van der Waals surface area (Å²) < 4.78 is 11.5. The van der Waals surface area contributed by atoms with E-state index >= 15 is 0 Å². The molecule has 0 N–H and O–H groups in total. The smallest absolute Gasteiger partial charge is 0.305 e. The van der Waals surface area contributed by atoms with Gasteiger partial charge in [-0.3, -0.25) is 4.79 Å². The first-order valence-corrected chi connectivity index (χ1v) is 16.3. The third kappa shape index (κ3) is 16.9. The fraction of sp³-hybridized carbons (Fsp3) is 0.963. The van der Waals surface area contributed by atoms with E-state index in [0.29, 0.717) is 17.6 Å². The molecule has 0 saturated carbocycles. The molecule has 0 aromatic rings. The maximum atomic E-state index is 11.1. The third-order valence-electron chi connectivity index (χ3n) is 7.03. The van der Waals surface area contributed by atoms with Gasteiger partial charge in [0.2, 0.25) is 0 Å². The van der Waals surface area contributed by atoms with Crippen molar-refractivity contribution in [2.45, 2.75) is 161 Å². The van der Waals surface area contributed by atoms with Crippen LogP contribution in [0.5, 0.6) is 0 Å². The SMILES string of the molecule is CCCCCCCCC(CCCCCCCCCCC(=O)OC)O[Si](C)(C)C(C)(C)C. The van der Waals surface area contributed by atoms with Crippen molar-refractivity contribution in [3.63, 3.8) is 0 Å². The molecule has 0 aromatic heterocycles. The highest BCUT2D eigenvalue weighted by Gasteiger charge is 2.38. The molecule has 0 fully saturated rings. The summed E-state index contributed by atoms with van der Waals surface area (Å²) in [6.07, 6.45) is 21.7. The minimum atomic E-state index is -1.69. The van der Waals surface area contributed by atoms with E-state index in [0.717, 1.165) is 12.8 Å². The average Bonchev–Trinajstić information content (AvgIpc) is 2.70. The zero-order chi connectivity index (χ0) is 23.6. The Balaban J connectivity index is 4.08. The summed E-state index contributed by atoms with van der Waals surface area (Å²) in [5, 5.41) is 0.292. The lowest BCUT2D eigenvalue weighted by Gasteiger charge is -2.39. The lowest BCUT2D eigenvalue weighted by atomic mass is 10.0. The van der Waals surface area contributed by atoms with Gasteiger partial charge >= 0.3 is 5.97 Å². The van der Waals surface area contributed by atoms with Crippen molar-refractivity contribution in [2.75, 3.05) is 7.11 Å². The molecule has 4 heteroatoms. The summed E-state index contributed by atoms with van der Waals surface area (Å²) in [5.41, 5.74) is 0. The molecule has 0 rings (SSSR count). The van der Waals surface area contributed by atoms with Gasteiger partial charge in [-0.25, -0.2) is 0 Å². The minimum Gasteiger partial charge on any atom is -0.469 e. The number of hydrogen-bond donors (Lipinski definition) is 0. The maximum Gasteiger partial charge on any atom is 0.305 e. The summed E-state index contributed by atoms with van der Waals surface area (Å²) in [4.78, 5) is 11.1. The standard InChI is InChI=1S/C27H56O3Si/c1-8-9-10-11-16-19-22-25(30-31(6,7)27(2,3)4)23-20-17-14-12-13-15-18-21-24-26(28)29-5/h25H,8-24H2,1-7H3. The predicted octanol–water partition coefficient (Wildman–Crippen LogP) is 9.20. The number of carbonyl (C=O) groups is 1. The topological polar surface area (TPSA) is 35.5 Å². The van der Waals surface area contributed by atoms with Gasteiger partial charge in [0, 0.05) is 12.5 Å². The first-order valence-electron chi connectivity index (χ1n) is 13.4. The number of carbonyl (C=O) groups excluding carboxylic acids is 1. The van der Waals surface area contributed by atoms with Crippen LogP contribution in [0.2, 0.25) is 18.1 Å². The Hall–Kier alpha value is -0.353. The zero-order valence-electron chi connectivity index (χ0n) is 22.3. The van der Waals surface area contributed by atoms with Crippen molar-refractivity contribution in [1.82, 2.24) is 0 Å². The number of esters is 1. The monoisotopic (exact) mass is 456 g/mol. The summed E-state index contributed by atoms with van der Waals surface area (Å²) in [6.45, 7) is 14.2. The number of rotatable bonds is 20. The molecule has 3 nitrogen and oxygen atoms in total. The van der Waals surface area contributed by atoms with E-state index in [-0.39, 0.29) is 5.97 Å². The molecule has 0 saturated heterocycles. The van der Waals surface area contributed by atoms with Gasteiger partial charge < -0.3 is 9.16 Å². The quantitative estimate of drug-likeness (QED) is 0.104. The van der Waals surface area contributed by atoms with Crippen LogP contribution in [0.15, 0.2) is 0 Å². The molecule has 31 heavy (non-hydrogen) atoms. The largest absolute Gasteiger partial charge is 0.469 e. The van der Waals surface area contributed by atoms with Crippen LogP contribution in [0, 0.1) is 0 Å². The lowest BCUT2D eigenvalue weighted by molar-refractivity contribution is -0.140.